The molecule has 2 heterocycles. The van der Waals surface area contributed by atoms with Crippen molar-refractivity contribution < 1.29 is 33.4 Å². The maximum atomic E-state index is 13.7. The fourth-order valence-electron chi connectivity index (χ4n) is 3.97. The summed E-state index contributed by atoms with van der Waals surface area (Å²) in [5, 5.41) is 13.6. The molecule has 2 aromatic heterocycles. The van der Waals surface area contributed by atoms with Gasteiger partial charge in [0.1, 0.15) is 18.8 Å². The number of tetrazole rings is 1. The summed E-state index contributed by atoms with van der Waals surface area (Å²) >= 11 is 0. The summed E-state index contributed by atoms with van der Waals surface area (Å²) in [6, 6.07) is 3.47. The Morgan fingerprint density at radius 1 is 0.975 bits per heavy atom. The summed E-state index contributed by atoms with van der Waals surface area (Å²) in [4.78, 5) is 67.5. The predicted octanol–water partition coefficient (Wildman–Crippen LogP) is 0.852. The maximum absolute atomic E-state index is 13.7. The van der Waals surface area contributed by atoms with Crippen LogP contribution < -0.4 is 10.9 Å². The van der Waals surface area contributed by atoms with E-state index in [-0.39, 0.29) is 19.1 Å². The van der Waals surface area contributed by atoms with Crippen LogP contribution in [0.2, 0.25) is 0 Å². The van der Waals surface area contributed by atoms with Crippen molar-refractivity contribution in [3.05, 3.63) is 39.3 Å². The number of carbonyl (C=O) groups is 4. The lowest BCUT2D eigenvalue weighted by Crippen LogP contribution is -2.43. The molecule has 3 rings (SSSR count). The average molecular weight is 558 g/mol. The molecule has 0 saturated carbocycles. The molecule has 0 fully saturated rings. The lowest BCUT2D eigenvalue weighted by molar-refractivity contribution is -0.167. The molecule has 0 bridgehead atoms. The van der Waals surface area contributed by atoms with Gasteiger partial charge < -0.3 is 18.8 Å². The predicted molar refractivity (Wildman–Crippen MR) is 139 cm³/mol. The van der Waals surface area contributed by atoms with Crippen LogP contribution in [-0.2, 0) is 42.2 Å². The number of ether oxygens (including phenoxy) is 3. The molecule has 1 amide bonds. The van der Waals surface area contributed by atoms with E-state index in [1.54, 1.807) is 19.1 Å². The molecule has 3 atom stereocenters. The third-order valence-electron chi connectivity index (χ3n) is 6.13. The Morgan fingerprint density at radius 3 is 2.17 bits per heavy atom. The van der Waals surface area contributed by atoms with Crippen LogP contribution >= 0.6 is 0 Å². The number of esters is 3. The molecule has 0 aliphatic rings. The number of hydrogen-bond acceptors (Lipinski definition) is 12. The van der Waals surface area contributed by atoms with Crippen LogP contribution in [-0.4, -0.2) is 72.4 Å². The Hall–Kier alpha value is -4.69. The molecule has 0 radical (unpaired) electrons. The van der Waals surface area contributed by atoms with Crippen LogP contribution in [0.5, 0.6) is 0 Å². The van der Waals surface area contributed by atoms with Crippen molar-refractivity contribution in [1.29, 1.82) is 0 Å². The van der Waals surface area contributed by atoms with Gasteiger partial charge in [0, 0.05) is 26.7 Å². The Balaban J connectivity index is 2.12. The van der Waals surface area contributed by atoms with E-state index in [2.05, 4.69) is 25.7 Å². The quantitative estimate of drug-likeness (QED) is 0.274. The van der Waals surface area contributed by atoms with E-state index >= 15 is 0 Å². The van der Waals surface area contributed by atoms with Crippen LogP contribution in [0.25, 0.3) is 11.0 Å². The fourth-order valence-corrected chi connectivity index (χ4v) is 3.97. The number of hydrogen-bond donors (Lipinski definition) is 1. The number of aryl methyl sites for hydroxylation is 3. The number of nitrogens with zero attached hydrogens (tertiary/aromatic N) is 6. The van der Waals surface area contributed by atoms with Gasteiger partial charge in [-0.3, -0.25) is 29.3 Å². The number of nitrogens with one attached hydrogen (secondary N) is 1. The molecule has 1 N–H and O–H groups in total. The summed E-state index contributed by atoms with van der Waals surface area (Å²) in [6.07, 6.45) is -2.04. The summed E-state index contributed by atoms with van der Waals surface area (Å²) in [6.45, 7) is 8.40. The normalized spacial score (nSPS) is 13.3. The molecular formula is C25H31N7O8. The highest BCUT2D eigenvalue weighted by Crippen LogP contribution is 2.22. The van der Waals surface area contributed by atoms with Crippen molar-refractivity contribution in [2.24, 2.45) is 13.0 Å². The molecule has 15 heteroatoms. The summed E-state index contributed by atoms with van der Waals surface area (Å²) in [5.74, 6) is -3.62. The highest BCUT2D eigenvalue weighted by molar-refractivity contribution is 6.02. The molecular weight excluding hydrogens is 526 g/mol. The van der Waals surface area contributed by atoms with Gasteiger partial charge in [-0.05, 0) is 42.3 Å². The van der Waals surface area contributed by atoms with Crippen molar-refractivity contribution >= 4 is 40.8 Å². The average Bonchev–Trinajstić information content (AvgIpc) is 3.27. The fraction of sp³-hybridized carbons (Fsp3) is 0.480. The number of anilines is 1. The largest absolute Gasteiger partial charge is 0.462 e. The second kappa shape index (κ2) is 12.4. The van der Waals surface area contributed by atoms with Crippen molar-refractivity contribution in [2.75, 3.05) is 11.9 Å². The molecule has 0 aliphatic heterocycles. The lowest BCUT2D eigenvalue weighted by Gasteiger charge is -2.30. The van der Waals surface area contributed by atoms with Crippen molar-refractivity contribution in [2.45, 2.75) is 60.3 Å². The minimum Gasteiger partial charge on any atom is -0.462 e. The van der Waals surface area contributed by atoms with Crippen LogP contribution in [0.4, 0.5) is 5.95 Å². The van der Waals surface area contributed by atoms with Crippen LogP contribution in [0.3, 0.4) is 0 Å². The van der Waals surface area contributed by atoms with Gasteiger partial charge in [0.15, 0.2) is 5.69 Å². The number of aromatic nitrogens is 6. The Morgan fingerprint density at radius 2 is 1.60 bits per heavy atom. The number of benzene rings is 1. The molecule has 0 aliphatic carbocycles. The first-order valence-electron chi connectivity index (χ1n) is 12.3. The van der Waals surface area contributed by atoms with Gasteiger partial charge >= 0.3 is 17.9 Å². The molecule has 0 unspecified atom stereocenters. The van der Waals surface area contributed by atoms with Gasteiger partial charge in [-0.25, -0.2) is 4.98 Å². The van der Waals surface area contributed by atoms with E-state index < -0.39 is 53.2 Å². The molecule has 15 nitrogen and oxygen atoms in total. The lowest BCUT2D eigenvalue weighted by atomic mass is 9.97. The molecule has 40 heavy (non-hydrogen) atoms. The number of carbonyl (C=O) groups excluding carboxylic acids is 4. The number of amides is 1. The summed E-state index contributed by atoms with van der Waals surface area (Å²) in [7, 11) is 1.51. The smallest absolute Gasteiger partial charge is 0.303 e. The van der Waals surface area contributed by atoms with E-state index in [4.69, 9.17) is 14.2 Å². The summed E-state index contributed by atoms with van der Waals surface area (Å²) < 4.78 is 17.2. The zero-order valence-corrected chi connectivity index (χ0v) is 23.3. The van der Waals surface area contributed by atoms with Crippen LogP contribution in [0.15, 0.2) is 16.9 Å². The van der Waals surface area contributed by atoms with Crippen LogP contribution in [0, 0.1) is 19.8 Å². The van der Waals surface area contributed by atoms with Crippen molar-refractivity contribution in [1.82, 2.24) is 29.8 Å². The Labute approximate surface area is 228 Å². The first-order chi connectivity index (χ1) is 18.8. The van der Waals surface area contributed by atoms with E-state index in [0.717, 1.165) is 15.9 Å². The second-order valence-corrected chi connectivity index (χ2v) is 9.32. The second-order valence-electron chi connectivity index (χ2n) is 9.32. The molecule has 0 spiro atoms. The van der Waals surface area contributed by atoms with E-state index in [0.29, 0.717) is 11.0 Å². The van der Waals surface area contributed by atoms with Gasteiger partial charge in [0.05, 0.1) is 24.6 Å². The Bertz CT molecular complexity index is 1510. The van der Waals surface area contributed by atoms with Gasteiger partial charge in [-0.2, -0.15) is 4.80 Å². The third-order valence-corrected chi connectivity index (χ3v) is 6.13. The molecule has 3 aromatic rings. The SMILES string of the molecule is CC(=O)OC[C@@H](OC(C)=O)[C@@H](C)[C@H](Cn1c(=O)c(C(=O)Nc2nnn(C)n2)nc2cc(C)c(C)cc21)OC(C)=O. The maximum Gasteiger partial charge on any atom is 0.303 e. The van der Waals surface area contributed by atoms with Crippen molar-refractivity contribution in [3.63, 3.8) is 0 Å². The van der Waals surface area contributed by atoms with Gasteiger partial charge in [0.2, 0.25) is 0 Å². The topological polar surface area (TPSA) is 186 Å². The van der Waals surface area contributed by atoms with E-state index in [1.165, 1.54) is 32.4 Å². The third kappa shape index (κ3) is 7.24. The van der Waals surface area contributed by atoms with Gasteiger partial charge in [-0.1, -0.05) is 12.0 Å². The Kier molecular flexibility index (Phi) is 9.29. The summed E-state index contributed by atoms with van der Waals surface area (Å²) in [5.41, 5.74) is 1.22. The minimum absolute atomic E-state index is 0.124. The van der Waals surface area contributed by atoms with Crippen molar-refractivity contribution in [3.8, 4) is 0 Å². The monoisotopic (exact) mass is 557 g/mol. The standard InChI is InChI=1S/C25H31N7O8/c1-12-8-18-19(9-13(12)2)32(24(37)22(26-18)23(36)27-25-28-30-31(7)29-25)10-20(39-16(5)34)14(3)21(40-17(6)35)11-38-15(4)33/h8-9,14,20-21H,10-11H2,1-7H3,(H,27,29,36)/t14-,20-,21+/m0/s1. The van der Waals surface area contributed by atoms with Crippen LogP contribution in [0.1, 0.15) is 49.3 Å². The first-order valence-corrected chi connectivity index (χ1v) is 12.3. The zero-order chi connectivity index (χ0) is 29.7. The van der Waals surface area contributed by atoms with Gasteiger partial charge in [-0.15, -0.1) is 5.10 Å². The minimum atomic E-state index is -1.04. The van der Waals surface area contributed by atoms with E-state index in [1.807, 2.05) is 13.8 Å². The zero-order valence-electron chi connectivity index (χ0n) is 23.3. The molecule has 1 aromatic carbocycles. The number of rotatable bonds is 10. The highest BCUT2D eigenvalue weighted by Gasteiger charge is 2.33. The number of fused-ring (bicyclic) bond motifs is 1. The molecule has 214 valence electrons. The highest BCUT2D eigenvalue weighted by atomic mass is 16.6. The van der Waals surface area contributed by atoms with E-state index in [9.17, 15) is 24.0 Å². The first kappa shape index (κ1) is 29.9. The molecule has 0 saturated heterocycles. The van der Waals surface area contributed by atoms with Gasteiger partial charge in [0.25, 0.3) is 17.4 Å².